The number of H-pyrrole nitrogens is 1. The molecule has 0 saturated heterocycles. The maximum absolute atomic E-state index is 6.08. The Balaban J connectivity index is 1.79. The van der Waals surface area contributed by atoms with Crippen LogP contribution in [-0.4, -0.2) is 22.3 Å². The first kappa shape index (κ1) is 16.9. The second kappa shape index (κ2) is 7.28. The van der Waals surface area contributed by atoms with E-state index >= 15 is 0 Å². The van der Waals surface area contributed by atoms with Crippen LogP contribution >= 0.6 is 23.4 Å². The Hall–Kier alpha value is -1.98. The Morgan fingerprint density at radius 3 is 2.79 bits per heavy atom. The lowest BCUT2D eigenvalue weighted by Crippen LogP contribution is -1.89. The third-order valence-electron chi connectivity index (χ3n) is 3.74. The van der Waals surface area contributed by atoms with Crippen molar-refractivity contribution in [3.63, 3.8) is 0 Å². The van der Waals surface area contributed by atoms with E-state index in [0.29, 0.717) is 21.8 Å². The lowest BCUT2D eigenvalue weighted by Gasteiger charge is -2.06. The van der Waals surface area contributed by atoms with Crippen molar-refractivity contribution in [3.05, 3.63) is 58.1 Å². The molecule has 0 saturated carbocycles. The lowest BCUT2D eigenvalue weighted by atomic mass is 10.1. The minimum atomic E-state index is 0.631. The first-order chi connectivity index (χ1) is 11.6. The van der Waals surface area contributed by atoms with Crippen LogP contribution in [0.4, 0.5) is 0 Å². The number of nitrogens with one attached hydrogen (secondary N) is 1. The first-order valence-corrected chi connectivity index (χ1v) is 8.88. The maximum Gasteiger partial charge on any atom is 0.209 e. The number of hydrogen-bond acceptors (Lipinski definition) is 4. The number of aryl methyl sites for hydroxylation is 2. The van der Waals surface area contributed by atoms with E-state index in [1.807, 2.05) is 12.1 Å². The number of rotatable bonds is 5. The fraction of sp³-hybridized carbons (Fsp3) is 0.222. The molecule has 4 nitrogen and oxygen atoms in total. The molecule has 1 N–H and O–H groups in total. The van der Waals surface area contributed by atoms with Crippen LogP contribution in [0.3, 0.4) is 0 Å². The van der Waals surface area contributed by atoms with E-state index in [1.54, 1.807) is 24.9 Å². The van der Waals surface area contributed by atoms with E-state index in [4.69, 9.17) is 16.3 Å². The zero-order valence-corrected chi connectivity index (χ0v) is 15.3. The summed E-state index contributed by atoms with van der Waals surface area (Å²) in [4.78, 5) is 4.56. The van der Waals surface area contributed by atoms with Gasteiger partial charge in [0, 0.05) is 10.8 Å². The molecule has 0 amide bonds. The summed E-state index contributed by atoms with van der Waals surface area (Å²) in [5, 5.41) is 8.59. The minimum absolute atomic E-state index is 0.631. The molecule has 0 unspecified atom stereocenters. The van der Waals surface area contributed by atoms with Crippen molar-refractivity contribution in [2.24, 2.45) is 0 Å². The third kappa shape index (κ3) is 3.74. The van der Waals surface area contributed by atoms with Gasteiger partial charge in [0.1, 0.15) is 5.75 Å². The normalized spacial score (nSPS) is 10.8. The molecule has 1 aromatic heterocycles. The number of hydrogen-bond donors (Lipinski definition) is 1. The van der Waals surface area contributed by atoms with Crippen molar-refractivity contribution >= 4 is 23.4 Å². The molecule has 1 heterocycles. The van der Waals surface area contributed by atoms with Crippen molar-refractivity contribution in [3.8, 4) is 17.1 Å². The summed E-state index contributed by atoms with van der Waals surface area (Å²) in [6.07, 6.45) is 0. The van der Waals surface area contributed by atoms with E-state index in [-0.39, 0.29) is 0 Å². The monoisotopic (exact) mass is 359 g/mol. The molecular formula is C18H18ClN3OS. The second-order valence-corrected chi connectivity index (χ2v) is 6.91. The second-order valence-electron chi connectivity index (χ2n) is 5.53. The fourth-order valence-corrected chi connectivity index (χ4v) is 3.43. The number of ether oxygens (including phenoxy) is 1. The van der Waals surface area contributed by atoms with Crippen molar-refractivity contribution in [1.29, 1.82) is 0 Å². The highest BCUT2D eigenvalue weighted by molar-refractivity contribution is 7.98. The van der Waals surface area contributed by atoms with Crippen molar-refractivity contribution in [2.75, 3.05) is 7.11 Å². The minimum Gasteiger partial charge on any atom is -0.496 e. The van der Waals surface area contributed by atoms with Crippen LogP contribution in [0.2, 0.25) is 5.02 Å². The Kier molecular flexibility index (Phi) is 5.11. The molecular weight excluding hydrogens is 342 g/mol. The van der Waals surface area contributed by atoms with E-state index in [1.165, 1.54) is 16.7 Å². The summed E-state index contributed by atoms with van der Waals surface area (Å²) in [6, 6.07) is 11.9. The SMILES string of the molecule is COc1ccc(Cl)cc1-c1nc(SCc2cc(C)ccc2C)n[nH]1. The summed E-state index contributed by atoms with van der Waals surface area (Å²) in [6.45, 7) is 4.22. The summed E-state index contributed by atoms with van der Waals surface area (Å²) in [7, 11) is 1.62. The van der Waals surface area contributed by atoms with Gasteiger partial charge in [-0.1, -0.05) is 47.1 Å². The molecule has 0 bridgehead atoms. The molecule has 0 radical (unpaired) electrons. The van der Waals surface area contributed by atoms with E-state index in [9.17, 15) is 0 Å². The van der Waals surface area contributed by atoms with Crippen LogP contribution in [0.15, 0.2) is 41.6 Å². The van der Waals surface area contributed by atoms with E-state index < -0.39 is 0 Å². The fourth-order valence-electron chi connectivity index (χ4n) is 2.39. The van der Waals surface area contributed by atoms with E-state index in [2.05, 4.69) is 47.2 Å². The number of methoxy groups -OCH3 is 1. The van der Waals surface area contributed by atoms with Gasteiger partial charge in [0.2, 0.25) is 5.16 Å². The smallest absolute Gasteiger partial charge is 0.209 e. The van der Waals surface area contributed by atoms with Gasteiger partial charge in [-0.2, -0.15) is 0 Å². The van der Waals surface area contributed by atoms with Gasteiger partial charge < -0.3 is 4.74 Å². The molecule has 3 rings (SSSR count). The number of thioether (sulfide) groups is 1. The van der Waals surface area contributed by atoms with Gasteiger partial charge in [0.25, 0.3) is 0 Å². The summed E-state index contributed by atoms with van der Waals surface area (Å²) in [5.41, 5.74) is 4.64. The molecule has 6 heteroatoms. The number of halogens is 1. The zero-order valence-electron chi connectivity index (χ0n) is 13.8. The number of aromatic amines is 1. The zero-order chi connectivity index (χ0) is 17.1. The standard InChI is InChI=1S/C18H18ClN3OS/c1-11-4-5-12(2)13(8-11)10-24-18-20-17(21-22-18)15-9-14(19)6-7-16(15)23-3/h4-9H,10H2,1-3H3,(H,20,21,22). The van der Waals surface area contributed by atoms with Gasteiger partial charge in [-0.05, 0) is 43.2 Å². The van der Waals surface area contributed by atoms with Crippen LogP contribution in [0, 0.1) is 13.8 Å². The molecule has 3 aromatic rings. The van der Waals surface area contributed by atoms with Crippen molar-refractivity contribution in [1.82, 2.24) is 15.2 Å². The highest BCUT2D eigenvalue weighted by Gasteiger charge is 2.12. The molecule has 0 atom stereocenters. The number of nitrogens with zero attached hydrogens (tertiary/aromatic N) is 2. The number of aromatic nitrogens is 3. The van der Waals surface area contributed by atoms with Crippen LogP contribution in [0.1, 0.15) is 16.7 Å². The highest BCUT2D eigenvalue weighted by atomic mass is 35.5. The maximum atomic E-state index is 6.08. The quantitative estimate of drug-likeness (QED) is 0.648. The molecule has 0 aliphatic carbocycles. The lowest BCUT2D eigenvalue weighted by molar-refractivity contribution is 0.416. The molecule has 0 aliphatic rings. The van der Waals surface area contributed by atoms with Gasteiger partial charge in [0.05, 0.1) is 12.7 Å². The summed E-state index contributed by atoms with van der Waals surface area (Å²) >= 11 is 7.68. The van der Waals surface area contributed by atoms with Crippen molar-refractivity contribution < 1.29 is 4.74 Å². The highest BCUT2D eigenvalue weighted by Crippen LogP contribution is 2.31. The summed E-state index contributed by atoms with van der Waals surface area (Å²) < 4.78 is 5.37. The molecule has 2 aromatic carbocycles. The summed E-state index contributed by atoms with van der Waals surface area (Å²) in [5.74, 6) is 2.19. The topological polar surface area (TPSA) is 50.8 Å². The Morgan fingerprint density at radius 1 is 1.17 bits per heavy atom. The Bertz CT molecular complexity index is 863. The van der Waals surface area contributed by atoms with Gasteiger partial charge >= 0.3 is 0 Å². The third-order valence-corrected chi connectivity index (χ3v) is 4.87. The van der Waals surface area contributed by atoms with Gasteiger partial charge in [-0.25, -0.2) is 4.98 Å². The van der Waals surface area contributed by atoms with Gasteiger partial charge in [-0.3, -0.25) is 5.10 Å². The van der Waals surface area contributed by atoms with E-state index in [0.717, 1.165) is 11.3 Å². The van der Waals surface area contributed by atoms with Crippen LogP contribution in [-0.2, 0) is 5.75 Å². The molecule has 124 valence electrons. The molecule has 0 spiro atoms. The predicted molar refractivity (Wildman–Crippen MR) is 98.9 cm³/mol. The number of benzene rings is 2. The molecule has 0 fully saturated rings. The Morgan fingerprint density at radius 2 is 2.00 bits per heavy atom. The largest absolute Gasteiger partial charge is 0.496 e. The van der Waals surface area contributed by atoms with Gasteiger partial charge in [0.15, 0.2) is 5.82 Å². The average Bonchev–Trinajstić information content (AvgIpc) is 3.04. The Labute approximate surface area is 150 Å². The van der Waals surface area contributed by atoms with Gasteiger partial charge in [-0.15, -0.1) is 5.10 Å². The predicted octanol–water partition coefficient (Wildman–Crippen LogP) is 5.04. The molecule has 0 aliphatic heterocycles. The van der Waals surface area contributed by atoms with Crippen LogP contribution in [0.25, 0.3) is 11.4 Å². The molecule has 24 heavy (non-hydrogen) atoms. The van der Waals surface area contributed by atoms with Crippen LogP contribution < -0.4 is 4.74 Å². The van der Waals surface area contributed by atoms with Crippen molar-refractivity contribution in [2.45, 2.75) is 24.8 Å². The average molecular weight is 360 g/mol. The van der Waals surface area contributed by atoms with Crippen LogP contribution in [0.5, 0.6) is 5.75 Å². The first-order valence-electron chi connectivity index (χ1n) is 7.52.